The van der Waals surface area contributed by atoms with Gasteiger partial charge in [-0.2, -0.15) is 5.26 Å². The van der Waals surface area contributed by atoms with E-state index in [0.717, 1.165) is 59.2 Å². The molecule has 4 aromatic rings. The summed E-state index contributed by atoms with van der Waals surface area (Å²) in [5.74, 6) is 2.40. The van der Waals surface area contributed by atoms with Gasteiger partial charge in [-0.25, -0.2) is 4.98 Å². The van der Waals surface area contributed by atoms with Crippen LogP contribution in [0.25, 0.3) is 22.6 Å². The zero-order chi connectivity index (χ0) is 21.0. The molecule has 0 atom stereocenters. The van der Waals surface area contributed by atoms with Gasteiger partial charge in [0, 0.05) is 18.2 Å². The summed E-state index contributed by atoms with van der Waals surface area (Å²) in [6.45, 7) is 0.243. The molecule has 0 saturated heterocycles. The topological polar surface area (TPSA) is 83.8 Å². The third kappa shape index (κ3) is 3.99. The molecule has 0 unspecified atom stereocenters. The summed E-state index contributed by atoms with van der Waals surface area (Å²) in [4.78, 5) is 12.9. The molecule has 0 aliphatic carbocycles. The van der Waals surface area contributed by atoms with Crippen molar-refractivity contribution < 1.29 is 9.47 Å². The first kappa shape index (κ1) is 18.9. The Balaban J connectivity index is 1.40. The molecule has 31 heavy (non-hydrogen) atoms. The van der Waals surface area contributed by atoms with Gasteiger partial charge < -0.3 is 14.5 Å². The lowest BCUT2D eigenvalue weighted by Gasteiger charge is -2.03. The number of H-pyrrole nitrogens is 1. The van der Waals surface area contributed by atoms with Crippen LogP contribution >= 0.6 is 0 Å². The minimum atomic E-state index is 0.243. The molecule has 1 N–H and O–H groups in total. The van der Waals surface area contributed by atoms with Crippen molar-refractivity contribution in [1.82, 2.24) is 15.0 Å². The summed E-state index contributed by atoms with van der Waals surface area (Å²) < 4.78 is 11.0. The number of rotatable bonds is 6. The van der Waals surface area contributed by atoms with Gasteiger partial charge in [-0.3, -0.25) is 4.98 Å². The van der Waals surface area contributed by atoms with Crippen LogP contribution in [-0.4, -0.2) is 21.7 Å². The van der Waals surface area contributed by atoms with Gasteiger partial charge >= 0.3 is 0 Å². The first-order valence-electron chi connectivity index (χ1n) is 10.2. The quantitative estimate of drug-likeness (QED) is 0.490. The number of imidazole rings is 1. The highest BCUT2D eigenvalue weighted by atomic mass is 16.7. The van der Waals surface area contributed by atoms with E-state index in [-0.39, 0.29) is 6.79 Å². The normalized spacial score (nSPS) is 12.0. The maximum absolute atomic E-state index is 8.94. The number of fused-ring (bicyclic) bond motifs is 1. The van der Waals surface area contributed by atoms with Crippen molar-refractivity contribution in [1.29, 1.82) is 5.26 Å². The van der Waals surface area contributed by atoms with Crippen LogP contribution in [0.3, 0.4) is 0 Å². The van der Waals surface area contributed by atoms with Gasteiger partial charge in [0.1, 0.15) is 5.82 Å². The van der Waals surface area contributed by atoms with Gasteiger partial charge in [-0.05, 0) is 60.9 Å². The third-order valence-corrected chi connectivity index (χ3v) is 5.28. The van der Waals surface area contributed by atoms with E-state index < -0.39 is 0 Å². The lowest BCUT2D eigenvalue weighted by atomic mass is 10.1. The number of benzene rings is 2. The number of pyridine rings is 1. The number of aromatic nitrogens is 3. The van der Waals surface area contributed by atoms with E-state index in [1.165, 1.54) is 5.56 Å². The molecule has 0 saturated carbocycles. The molecule has 3 heterocycles. The highest BCUT2D eigenvalue weighted by Gasteiger charge is 2.19. The van der Waals surface area contributed by atoms with Crippen LogP contribution in [0.15, 0.2) is 66.9 Å². The molecule has 0 fully saturated rings. The summed E-state index contributed by atoms with van der Waals surface area (Å²) >= 11 is 0. The number of aryl methyl sites for hydroxylation is 2. The van der Waals surface area contributed by atoms with Gasteiger partial charge in [-0.1, -0.05) is 18.2 Å². The molecule has 6 heteroatoms. The van der Waals surface area contributed by atoms with Crippen LogP contribution in [0.4, 0.5) is 0 Å². The smallest absolute Gasteiger partial charge is 0.231 e. The second-order valence-corrected chi connectivity index (χ2v) is 7.35. The Kier molecular flexibility index (Phi) is 5.07. The predicted molar refractivity (Wildman–Crippen MR) is 117 cm³/mol. The molecule has 0 amide bonds. The van der Waals surface area contributed by atoms with Gasteiger partial charge in [0.05, 0.1) is 28.7 Å². The van der Waals surface area contributed by atoms with E-state index in [0.29, 0.717) is 5.56 Å². The second kappa shape index (κ2) is 8.33. The summed E-state index contributed by atoms with van der Waals surface area (Å²) in [6, 6.07) is 21.6. The van der Waals surface area contributed by atoms with Crippen molar-refractivity contribution in [3.05, 3.63) is 83.8 Å². The Labute approximate surface area is 180 Å². The molecule has 0 spiro atoms. The minimum absolute atomic E-state index is 0.243. The van der Waals surface area contributed by atoms with Crippen LogP contribution < -0.4 is 9.47 Å². The number of aromatic amines is 1. The molecule has 6 nitrogen and oxygen atoms in total. The van der Waals surface area contributed by atoms with Crippen molar-refractivity contribution in [2.75, 3.05) is 6.79 Å². The monoisotopic (exact) mass is 408 g/mol. The number of nitrogens with one attached hydrogen (secondary N) is 1. The van der Waals surface area contributed by atoms with Crippen LogP contribution in [0, 0.1) is 11.3 Å². The van der Waals surface area contributed by atoms with Crippen LogP contribution in [0.5, 0.6) is 11.5 Å². The third-order valence-electron chi connectivity index (χ3n) is 5.28. The van der Waals surface area contributed by atoms with E-state index in [2.05, 4.69) is 16.0 Å². The summed E-state index contributed by atoms with van der Waals surface area (Å²) in [5, 5.41) is 8.94. The molecule has 152 valence electrons. The zero-order valence-electron chi connectivity index (χ0n) is 16.8. The van der Waals surface area contributed by atoms with Gasteiger partial charge in [-0.15, -0.1) is 0 Å². The number of hydrogen-bond acceptors (Lipinski definition) is 5. The fourth-order valence-corrected chi connectivity index (χ4v) is 3.70. The SMILES string of the molecule is N#Cc1ccc(CCCc2nc(-c3ccc4c(c3)OCO4)c(-c3ccccn3)[nH]2)cc1. The molecule has 5 rings (SSSR count). The van der Waals surface area contributed by atoms with Gasteiger partial charge in [0.15, 0.2) is 11.5 Å². The number of ether oxygens (including phenoxy) is 2. The standard InChI is InChI=1S/C25H20N4O2/c26-15-18-9-7-17(8-10-18)4-3-6-23-28-24(25(29-23)20-5-1-2-13-27-20)19-11-12-21-22(14-19)31-16-30-21/h1-2,5,7-14H,3-4,6,16H2,(H,28,29). The lowest BCUT2D eigenvalue weighted by molar-refractivity contribution is 0.174. The first-order chi connectivity index (χ1) is 15.3. The van der Waals surface area contributed by atoms with Crippen molar-refractivity contribution in [2.24, 2.45) is 0 Å². The Morgan fingerprint density at radius 3 is 2.65 bits per heavy atom. The number of hydrogen-bond donors (Lipinski definition) is 1. The summed E-state index contributed by atoms with van der Waals surface area (Å²) in [6.07, 6.45) is 4.46. The molecule has 2 aromatic heterocycles. The van der Waals surface area contributed by atoms with Gasteiger partial charge in [0.2, 0.25) is 6.79 Å². The second-order valence-electron chi connectivity index (χ2n) is 7.35. The largest absolute Gasteiger partial charge is 0.454 e. The molecule has 0 bridgehead atoms. The Bertz CT molecular complexity index is 1240. The lowest BCUT2D eigenvalue weighted by Crippen LogP contribution is -1.93. The summed E-state index contributed by atoms with van der Waals surface area (Å²) in [7, 11) is 0. The van der Waals surface area contributed by atoms with Crippen LogP contribution in [0.2, 0.25) is 0 Å². The maximum Gasteiger partial charge on any atom is 0.231 e. The molecule has 1 aliphatic rings. The van der Waals surface area contributed by atoms with Crippen molar-refractivity contribution >= 4 is 0 Å². The van der Waals surface area contributed by atoms with E-state index in [1.807, 2.05) is 60.7 Å². The predicted octanol–water partition coefficient (Wildman–Crippen LogP) is 4.91. The molecule has 0 radical (unpaired) electrons. The average Bonchev–Trinajstić information content (AvgIpc) is 3.47. The average molecular weight is 408 g/mol. The molecule has 2 aromatic carbocycles. The van der Waals surface area contributed by atoms with Crippen LogP contribution in [-0.2, 0) is 12.8 Å². The van der Waals surface area contributed by atoms with Crippen LogP contribution in [0.1, 0.15) is 23.4 Å². The fraction of sp³-hybridized carbons (Fsp3) is 0.160. The Morgan fingerprint density at radius 1 is 0.968 bits per heavy atom. The highest BCUT2D eigenvalue weighted by Crippen LogP contribution is 2.38. The van der Waals surface area contributed by atoms with E-state index in [4.69, 9.17) is 19.7 Å². The van der Waals surface area contributed by atoms with Crippen molar-refractivity contribution in [3.63, 3.8) is 0 Å². The molecule has 1 aliphatic heterocycles. The van der Waals surface area contributed by atoms with E-state index >= 15 is 0 Å². The number of nitrogens with zero attached hydrogens (tertiary/aromatic N) is 3. The van der Waals surface area contributed by atoms with E-state index in [9.17, 15) is 0 Å². The van der Waals surface area contributed by atoms with Gasteiger partial charge in [0.25, 0.3) is 0 Å². The highest BCUT2D eigenvalue weighted by molar-refractivity contribution is 5.78. The van der Waals surface area contributed by atoms with Crippen molar-refractivity contribution in [2.45, 2.75) is 19.3 Å². The zero-order valence-corrected chi connectivity index (χ0v) is 16.8. The molecular weight excluding hydrogens is 388 g/mol. The van der Waals surface area contributed by atoms with Crippen molar-refractivity contribution in [3.8, 4) is 40.2 Å². The molecular formula is C25H20N4O2. The first-order valence-corrected chi connectivity index (χ1v) is 10.2. The summed E-state index contributed by atoms with van der Waals surface area (Å²) in [5.41, 5.74) is 5.45. The van der Waals surface area contributed by atoms with E-state index in [1.54, 1.807) is 6.20 Å². The number of nitriles is 1. The minimum Gasteiger partial charge on any atom is -0.454 e. The Morgan fingerprint density at radius 2 is 1.84 bits per heavy atom. The Hall–Kier alpha value is -4.11. The fourth-order valence-electron chi connectivity index (χ4n) is 3.70. The maximum atomic E-state index is 8.94.